The molecular weight excluding hydrogens is 176 g/mol. The molecule has 0 bridgehead atoms. The topological polar surface area (TPSA) is 17.1 Å². The van der Waals surface area contributed by atoms with Gasteiger partial charge in [0.15, 0.2) is 0 Å². The average molecular weight is 202 g/mol. The van der Waals surface area contributed by atoms with Crippen LogP contribution >= 0.6 is 0 Å². The first-order valence-corrected chi connectivity index (χ1v) is 5.23. The van der Waals surface area contributed by atoms with Crippen molar-refractivity contribution in [2.45, 2.75) is 12.8 Å². The maximum atomic E-state index is 11.5. The van der Waals surface area contributed by atoms with Crippen molar-refractivity contribution in [3.63, 3.8) is 0 Å². The number of ketones is 1. The molecule has 0 spiro atoms. The summed E-state index contributed by atoms with van der Waals surface area (Å²) in [5.74, 6) is 0.395. The number of hydrogen-bond acceptors (Lipinski definition) is 1. The Balaban J connectivity index is 3.68. The van der Waals surface area contributed by atoms with Gasteiger partial charge in [-0.05, 0) is 0 Å². The molecule has 0 saturated heterocycles. The van der Waals surface area contributed by atoms with E-state index in [1.165, 1.54) is 0 Å². The van der Waals surface area contributed by atoms with Crippen LogP contribution in [0.25, 0.3) is 0 Å². The predicted octanol–water partition coefficient (Wildman–Crippen LogP) is 0.748. The third-order valence-corrected chi connectivity index (χ3v) is 2.12. The van der Waals surface area contributed by atoms with Gasteiger partial charge in [-0.3, -0.25) is 4.79 Å². The van der Waals surface area contributed by atoms with Gasteiger partial charge in [0.25, 0.3) is 0 Å². The molecular formula is C11H26N2O+2. The second kappa shape index (κ2) is 4.89. The number of hydrogen-bond donors (Lipinski definition) is 0. The van der Waals surface area contributed by atoms with E-state index in [4.69, 9.17) is 0 Å². The van der Waals surface area contributed by atoms with E-state index in [1.807, 2.05) is 0 Å². The van der Waals surface area contributed by atoms with E-state index in [0.29, 0.717) is 18.6 Å². The van der Waals surface area contributed by atoms with Crippen molar-refractivity contribution in [3.05, 3.63) is 0 Å². The van der Waals surface area contributed by atoms with Gasteiger partial charge in [0.2, 0.25) is 0 Å². The molecule has 0 aromatic heterocycles. The smallest absolute Gasteiger partial charge is 0.144 e. The monoisotopic (exact) mass is 202 g/mol. The molecule has 0 fully saturated rings. The highest BCUT2D eigenvalue weighted by Gasteiger charge is 2.14. The predicted molar refractivity (Wildman–Crippen MR) is 60.0 cm³/mol. The fourth-order valence-corrected chi connectivity index (χ4v) is 1.05. The first kappa shape index (κ1) is 13.6. The minimum atomic E-state index is 0.395. The Bertz CT molecular complexity index is 166. The lowest BCUT2D eigenvalue weighted by atomic mass is 10.2. The lowest BCUT2D eigenvalue weighted by Gasteiger charge is -2.25. The zero-order valence-corrected chi connectivity index (χ0v) is 10.6. The molecule has 0 aliphatic rings. The molecule has 3 nitrogen and oxygen atoms in total. The van der Waals surface area contributed by atoms with Crippen LogP contribution in [0.2, 0.25) is 0 Å². The molecule has 14 heavy (non-hydrogen) atoms. The van der Waals surface area contributed by atoms with Crippen molar-refractivity contribution in [1.29, 1.82) is 0 Å². The van der Waals surface area contributed by atoms with Crippen LogP contribution in [0.15, 0.2) is 0 Å². The largest absolute Gasteiger partial charge is 0.331 e. The molecule has 0 aliphatic heterocycles. The maximum absolute atomic E-state index is 11.5. The third kappa shape index (κ3) is 9.68. The number of Topliss-reactive ketones (excluding diaryl/α,β-unsaturated/α-hetero) is 1. The standard InChI is InChI=1S/C11H26N2O/c1-12(2,3)9-7-11(14)8-10-13(4,5)6/h7-10H2,1-6H3/q+2. The Hall–Kier alpha value is -0.410. The SMILES string of the molecule is C[N+](C)(C)CCC(=O)CC[N+](C)(C)C. The second-order valence-corrected chi connectivity index (χ2v) is 6.07. The van der Waals surface area contributed by atoms with Crippen LogP contribution in [0.4, 0.5) is 0 Å². The molecule has 0 saturated carbocycles. The first-order chi connectivity index (χ1) is 6.10. The number of carbonyl (C=O) groups excluding carboxylic acids is 1. The fourth-order valence-electron chi connectivity index (χ4n) is 1.05. The summed E-state index contributed by atoms with van der Waals surface area (Å²) in [7, 11) is 12.7. The second-order valence-electron chi connectivity index (χ2n) is 6.07. The fraction of sp³-hybridized carbons (Fsp3) is 0.909. The molecule has 0 rings (SSSR count). The Labute approximate surface area is 88.5 Å². The summed E-state index contributed by atoms with van der Waals surface area (Å²) >= 11 is 0. The van der Waals surface area contributed by atoms with E-state index in [0.717, 1.165) is 22.1 Å². The Kier molecular flexibility index (Phi) is 4.75. The summed E-state index contributed by atoms with van der Waals surface area (Å²) in [4.78, 5) is 11.5. The number of quaternary nitrogens is 2. The van der Waals surface area contributed by atoms with Crippen LogP contribution in [-0.2, 0) is 4.79 Å². The molecule has 0 atom stereocenters. The Morgan fingerprint density at radius 2 is 1.07 bits per heavy atom. The number of nitrogens with zero attached hydrogens (tertiary/aromatic N) is 2. The zero-order chi connectivity index (χ0) is 11.4. The molecule has 0 aromatic rings. The molecule has 0 heterocycles. The van der Waals surface area contributed by atoms with E-state index >= 15 is 0 Å². The summed E-state index contributed by atoms with van der Waals surface area (Å²) in [6.07, 6.45) is 1.42. The van der Waals surface area contributed by atoms with Crippen molar-refractivity contribution >= 4 is 5.78 Å². The average Bonchev–Trinajstić information content (AvgIpc) is 1.94. The summed E-state index contributed by atoms with van der Waals surface area (Å²) in [6, 6.07) is 0. The van der Waals surface area contributed by atoms with E-state index in [1.54, 1.807) is 0 Å². The minimum Gasteiger partial charge on any atom is -0.331 e. The maximum Gasteiger partial charge on any atom is 0.144 e. The number of rotatable bonds is 6. The van der Waals surface area contributed by atoms with Gasteiger partial charge in [-0.25, -0.2) is 0 Å². The van der Waals surface area contributed by atoms with Gasteiger partial charge in [0.1, 0.15) is 5.78 Å². The van der Waals surface area contributed by atoms with Gasteiger partial charge in [-0.15, -0.1) is 0 Å². The summed E-state index contributed by atoms with van der Waals surface area (Å²) in [5.41, 5.74) is 0. The molecule has 0 radical (unpaired) electrons. The molecule has 0 amide bonds. The zero-order valence-electron chi connectivity index (χ0n) is 10.6. The number of carbonyl (C=O) groups is 1. The van der Waals surface area contributed by atoms with Crippen molar-refractivity contribution in [3.8, 4) is 0 Å². The van der Waals surface area contributed by atoms with Crippen LogP contribution in [0.5, 0.6) is 0 Å². The molecule has 0 aromatic carbocycles. The molecule has 0 unspecified atom stereocenters. The van der Waals surface area contributed by atoms with E-state index in [2.05, 4.69) is 42.3 Å². The minimum absolute atomic E-state index is 0.395. The van der Waals surface area contributed by atoms with E-state index < -0.39 is 0 Å². The molecule has 0 N–H and O–H groups in total. The van der Waals surface area contributed by atoms with Crippen LogP contribution in [0.1, 0.15) is 12.8 Å². The molecule has 84 valence electrons. The highest BCUT2D eigenvalue weighted by Crippen LogP contribution is 2.00. The first-order valence-electron chi connectivity index (χ1n) is 5.23. The summed E-state index contributed by atoms with van der Waals surface area (Å²) in [5, 5.41) is 0. The van der Waals surface area contributed by atoms with Gasteiger partial charge in [0.05, 0.1) is 68.2 Å². The van der Waals surface area contributed by atoms with Crippen LogP contribution in [0.3, 0.4) is 0 Å². The van der Waals surface area contributed by atoms with Gasteiger partial charge in [-0.1, -0.05) is 0 Å². The van der Waals surface area contributed by atoms with Crippen molar-refractivity contribution < 1.29 is 13.8 Å². The lowest BCUT2D eigenvalue weighted by Crippen LogP contribution is -2.38. The molecule has 3 heteroatoms. The highest BCUT2D eigenvalue weighted by molar-refractivity contribution is 5.78. The van der Waals surface area contributed by atoms with Gasteiger partial charge in [0, 0.05) is 0 Å². The quantitative estimate of drug-likeness (QED) is 0.581. The van der Waals surface area contributed by atoms with Crippen molar-refractivity contribution in [2.24, 2.45) is 0 Å². The lowest BCUT2D eigenvalue weighted by molar-refractivity contribution is -0.870. The Morgan fingerprint density at radius 1 is 0.786 bits per heavy atom. The molecule has 0 aliphatic carbocycles. The normalized spacial score (nSPS) is 13.0. The van der Waals surface area contributed by atoms with Crippen LogP contribution in [-0.4, -0.2) is 70.1 Å². The summed E-state index contributed by atoms with van der Waals surface area (Å²) in [6.45, 7) is 1.88. The van der Waals surface area contributed by atoms with Gasteiger partial charge in [-0.2, -0.15) is 0 Å². The Morgan fingerprint density at radius 3 is 1.29 bits per heavy atom. The highest BCUT2D eigenvalue weighted by atomic mass is 16.1. The van der Waals surface area contributed by atoms with Gasteiger partial charge < -0.3 is 8.97 Å². The van der Waals surface area contributed by atoms with Crippen molar-refractivity contribution in [2.75, 3.05) is 55.4 Å². The van der Waals surface area contributed by atoms with E-state index in [-0.39, 0.29) is 0 Å². The third-order valence-electron chi connectivity index (χ3n) is 2.12. The summed E-state index contributed by atoms with van der Waals surface area (Å²) < 4.78 is 1.74. The van der Waals surface area contributed by atoms with E-state index in [9.17, 15) is 4.79 Å². The van der Waals surface area contributed by atoms with Crippen LogP contribution < -0.4 is 0 Å². The van der Waals surface area contributed by atoms with Crippen molar-refractivity contribution in [1.82, 2.24) is 0 Å². The van der Waals surface area contributed by atoms with Gasteiger partial charge >= 0.3 is 0 Å². The van der Waals surface area contributed by atoms with Crippen LogP contribution in [0, 0.1) is 0 Å².